The second-order valence-electron chi connectivity index (χ2n) is 8.09. The van der Waals surface area contributed by atoms with Crippen molar-refractivity contribution < 1.29 is 28.7 Å². The number of hydrogen-bond acceptors (Lipinski definition) is 5. The molecule has 0 radical (unpaired) electrons. The van der Waals surface area contributed by atoms with E-state index < -0.39 is 5.97 Å². The fourth-order valence-corrected chi connectivity index (χ4v) is 4.36. The standard InChI is InChI=1S/C25H29N3O5/c1-4-33-25(30)24-23(18-13-20(31-2)21(32-3)14-19(18)26-24)27-22(29)10-12-28-11-9-16-7-5-6-8-17(16)15-28/h5-8,13-14,26H,4,9-12,15H2,1-3H3,(H,27,29)/p+1. The van der Waals surface area contributed by atoms with E-state index in [-0.39, 0.29) is 18.2 Å². The lowest BCUT2D eigenvalue weighted by atomic mass is 10.00. The maximum absolute atomic E-state index is 12.9. The molecule has 1 amide bonds. The van der Waals surface area contributed by atoms with E-state index in [1.54, 1.807) is 33.3 Å². The molecule has 0 spiro atoms. The van der Waals surface area contributed by atoms with Crippen molar-refractivity contribution in [2.24, 2.45) is 0 Å². The largest absolute Gasteiger partial charge is 0.493 e. The van der Waals surface area contributed by atoms with E-state index in [1.165, 1.54) is 16.0 Å². The zero-order valence-electron chi connectivity index (χ0n) is 19.2. The first-order chi connectivity index (χ1) is 16.0. The van der Waals surface area contributed by atoms with Gasteiger partial charge in [0.25, 0.3) is 0 Å². The fourth-order valence-electron chi connectivity index (χ4n) is 4.36. The molecule has 8 heteroatoms. The zero-order valence-corrected chi connectivity index (χ0v) is 19.2. The predicted molar refractivity (Wildman–Crippen MR) is 125 cm³/mol. The van der Waals surface area contributed by atoms with E-state index in [9.17, 15) is 9.59 Å². The van der Waals surface area contributed by atoms with Gasteiger partial charge in [-0.2, -0.15) is 0 Å². The molecule has 0 aliphatic carbocycles. The summed E-state index contributed by atoms with van der Waals surface area (Å²) in [7, 11) is 3.09. The van der Waals surface area contributed by atoms with Crippen molar-refractivity contribution in [1.29, 1.82) is 0 Å². The molecule has 33 heavy (non-hydrogen) atoms. The number of carbonyl (C=O) groups excluding carboxylic acids is 2. The fraction of sp³-hybridized carbons (Fsp3) is 0.360. The normalized spacial score (nSPS) is 15.1. The third-order valence-corrected chi connectivity index (χ3v) is 6.06. The van der Waals surface area contributed by atoms with Gasteiger partial charge in [0.05, 0.1) is 51.5 Å². The van der Waals surface area contributed by atoms with E-state index in [4.69, 9.17) is 14.2 Å². The molecule has 1 atom stereocenters. The van der Waals surface area contributed by atoms with E-state index in [0.29, 0.717) is 41.1 Å². The molecule has 1 unspecified atom stereocenters. The van der Waals surface area contributed by atoms with Crippen LogP contribution in [-0.4, -0.2) is 50.8 Å². The molecule has 3 aromatic rings. The number of carbonyl (C=O) groups is 2. The highest BCUT2D eigenvalue weighted by Gasteiger charge is 2.24. The number of hydrogen-bond donors (Lipinski definition) is 3. The molecular formula is C25H30N3O5+. The molecule has 2 aromatic carbocycles. The van der Waals surface area contributed by atoms with Gasteiger partial charge in [-0.3, -0.25) is 4.79 Å². The smallest absolute Gasteiger partial charge is 0.356 e. The number of rotatable bonds is 8. The van der Waals surface area contributed by atoms with Gasteiger partial charge in [0, 0.05) is 23.4 Å². The molecule has 174 valence electrons. The highest BCUT2D eigenvalue weighted by atomic mass is 16.5. The number of methoxy groups -OCH3 is 2. The molecule has 1 aromatic heterocycles. The van der Waals surface area contributed by atoms with Crippen molar-refractivity contribution in [3.8, 4) is 11.5 Å². The van der Waals surface area contributed by atoms with Crippen molar-refractivity contribution in [3.63, 3.8) is 0 Å². The van der Waals surface area contributed by atoms with Gasteiger partial charge in [-0.1, -0.05) is 24.3 Å². The Kier molecular flexibility index (Phi) is 6.84. The van der Waals surface area contributed by atoms with Crippen LogP contribution in [0.15, 0.2) is 36.4 Å². The minimum Gasteiger partial charge on any atom is -0.493 e. The Morgan fingerprint density at radius 1 is 1.09 bits per heavy atom. The van der Waals surface area contributed by atoms with Gasteiger partial charge in [0.15, 0.2) is 11.5 Å². The highest BCUT2D eigenvalue weighted by molar-refractivity contribution is 6.11. The van der Waals surface area contributed by atoms with Gasteiger partial charge < -0.3 is 29.4 Å². The highest BCUT2D eigenvalue weighted by Crippen LogP contribution is 2.37. The Bertz CT molecular complexity index is 1170. The number of quaternary nitrogens is 1. The lowest BCUT2D eigenvalue weighted by molar-refractivity contribution is -0.915. The summed E-state index contributed by atoms with van der Waals surface area (Å²) >= 11 is 0. The minimum atomic E-state index is -0.528. The Morgan fingerprint density at radius 2 is 1.82 bits per heavy atom. The number of H-pyrrole nitrogens is 1. The molecule has 0 fully saturated rings. The average molecular weight is 453 g/mol. The van der Waals surface area contributed by atoms with Gasteiger partial charge in [0.2, 0.25) is 5.91 Å². The van der Waals surface area contributed by atoms with Crippen molar-refractivity contribution in [2.45, 2.75) is 26.3 Å². The molecule has 0 saturated carbocycles. The minimum absolute atomic E-state index is 0.150. The maximum Gasteiger partial charge on any atom is 0.356 e. The number of aromatic nitrogens is 1. The summed E-state index contributed by atoms with van der Waals surface area (Å²) < 4.78 is 16.0. The SMILES string of the molecule is CCOC(=O)c1[nH]c2cc(OC)c(OC)cc2c1NC(=O)CC[NH+]1CCc2ccccc2C1. The third-order valence-electron chi connectivity index (χ3n) is 6.06. The number of ether oxygens (including phenoxy) is 3. The van der Waals surface area contributed by atoms with Gasteiger partial charge >= 0.3 is 5.97 Å². The molecule has 8 nitrogen and oxygen atoms in total. The second-order valence-corrected chi connectivity index (χ2v) is 8.09. The van der Waals surface area contributed by atoms with Gasteiger partial charge in [-0.15, -0.1) is 0 Å². The van der Waals surface area contributed by atoms with Gasteiger partial charge in [-0.05, 0) is 18.6 Å². The van der Waals surface area contributed by atoms with Crippen molar-refractivity contribution in [1.82, 2.24) is 4.98 Å². The Balaban J connectivity index is 1.53. The van der Waals surface area contributed by atoms with Crippen LogP contribution in [-0.2, 0) is 22.5 Å². The summed E-state index contributed by atoms with van der Waals surface area (Å²) in [5, 5.41) is 3.60. The van der Waals surface area contributed by atoms with Crippen LogP contribution in [0.2, 0.25) is 0 Å². The third kappa shape index (κ3) is 4.80. The number of aromatic amines is 1. The molecule has 0 bridgehead atoms. The van der Waals surface area contributed by atoms with Crippen molar-refractivity contribution in [3.05, 3.63) is 53.2 Å². The van der Waals surface area contributed by atoms with Gasteiger partial charge in [-0.25, -0.2) is 4.79 Å². The Labute approximate surface area is 192 Å². The molecule has 3 N–H and O–H groups in total. The molecule has 0 saturated heterocycles. The van der Waals surface area contributed by atoms with E-state index in [1.807, 2.05) is 0 Å². The monoisotopic (exact) mass is 452 g/mol. The van der Waals surface area contributed by atoms with Crippen LogP contribution in [0.1, 0.15) is 35.0 Å². The predicted octanol–water partition coefficient (Wildman–Crippen LogP) is 2.33. The summed E-state index contributed by atoms with van der Waals surface area (Å²) in [6.07, 6.45) is 1.37. The molecule has 1 aliphatic rings. The quantitative estimate of drug-likeness (QED) is 0.456. The van der Waals surface area contributed by atoms with Crippen LogP contribution in [0.25, 0.3) is 10.9 Å². The first kappa shape index (κ1) is 22.7. The van der Waals surface area contributed by atoms with E-state index in [0.717, 1.165) is 19.5 Å². The topological polar surface area (TPSA) is 94.1 Å². The number of esters is 1. The van der Waals surface area contributed by atoms with Crippen molar-refractivity contribution in [2.75, 3.05) is 39.2 Å². The van der Waals surface area contributed by atoms with Crippen molar-refractivity contribution >= 4 is 28.5 Å². The Morgan fingerprint density at radius 3 is 2.55 bits per heavy atom. The summed E-state index contributed by atoms with van der Waals surface area (Å²) in [5.41, 5.74) is 3.99. The number of amides is 1. The van der Waals surface area contributed by atoms with Crippen LogP contribution < -0.4 is 19.7 Å². The lowest BCUT2D eigenvalue weighted by Gasteiger charge is -2.25. The van der Waals surface area contributed by atoms with Crippen LogP contribution >= 0.6 is 0 Å². The van der Waals surface area contributed by atoms with Crippen LogP contribution in [0, 0.1) is 0 Å². The second kappa shape index (κ2) is 9.95. The van der Waals surface area contributed by atoms with Crippen LogP contribution in [0.4, 0.5) is 5.69 Å². The first-order valence-electron chi connectivity index (χ1n) is 11.2. The van der Waals surface area contributed by atoms with Gasteiger partial charge in [0.1, 0.15) is 12.2 Å². The number of fused-ring (bicyclic) bond motifs is 2. The summed E-state index contributed by atoms with van der Waals surface area (Å²) in [5.74, 6) is 0.350. The van der Waals surface area contributed by atoms with Crippen LogP contribution in [0.5, 0.6) is 11.5 Å². The maximum atomic E-state index is 12.9. The number of benzene rings is 2. The number of nitrogens with one attached hydrogen (secondary N) is 3. The average Bonchev–Trinajstić information content (AvgIpc) is 3.18. The van der Waals surface area contributed by atoms with E-state index >= 15 is 0 Å². The first-order valence-corrected chi connectivity index (χ1v) is 11.2. The summed E-state index contributed by atoms with van der Waals surface area (Å²) in [6.45, 7) is 4.61. The Hall–Kier alpha value is -3.52. The van der Waals surface area contributed by atoms with Crippen LogP contribution in [0.3, 0.4) is 0 Å². The summed E-state index contributed by atoms with van der Waals surface area (Å²) in [4.78, 5) is 29.9. The molecule has 1 aliphatic heterocycles. The molecular weight excluding hydrogens is 422 g/mol. The lowest BCUT2D eigenvalue weighted by Crippen LogP contribution is -3.11. The number of anilines is 1. The molecule has 2 heterocycles. The zero-order chi connectivity index (χ0) is 23.4. The van der Waals surface area contributed by atoms with E-state index in [2.05, 4.69) is 34.6 Å². The summed E-state index contributed by atoms with van der Waals surface area (Å²) in [6, 6.07) is 12.0. The molecule has 4 rings (SSSR count).